The van der Waals surface area contributed by atoms with Crippen molar-refractivity contribution in [3.63, 3.8) is 0 Å². The predicted octanol–water partition coefficient (Wildman–Crippen LogP) is -1.40. The van der Waals surface area contributed by atoms with Gasteiger partial charge in [-0.15, -0.1) is 16.0 Å². The van der Waals surface area contributed by atoms with E-state index < -0.39 is 63.3 Å². The summed E-state index contributed by atoms with van der Waals surface area (Å²) in [5, 5.41) is 28.5. The van der Waals surface area contributed by atoms with Crippen LogP contribution in [0.3, 0.4) is 0 Å². The van der Waals surface area contributed by atoms with E-state index in [4.69, 9.17) is 26.8 Å². The number of rotatable bonds is 16. The number of β-lactam (4-membered cyclic amide) rings is 1. The zero-order valence-corrected chi connectivity index (χ0v) is 30.6. The summed E-state index contributed by atoms with van der Waals surface area (Å²) in [4.78, 5) is 48.5. The molecule has 53 heavy (non-hydrogen) atoms. The van der Waals surface area contributed by atoms with Crippen LogP contribution < -0.4 is 31.9 Å². The molecule has 3 aromatic rings. The standard InChI is InChI=1S/C31H41N9O11S2/c1-30(2)25(27(43)40(30)51-53(46,47)48)36-26(42)24(21-16-52-29(34)35-21)37-50-31(3,28(44)45)23-8-6-18-11-17(5-7-22(18)49-23)19-13-38(10-4-9-32)39(14-19)15-20(41)12-33/h5,7,11,13-14,16,20,23,25,41H,4,6,8-10,12,15,32-33H2,1-3H3,(H4-,34,35,36,42,44,45,46,47,48)/b37-24-/t20?,23?,25-,31?/m1/s1. The molecule has 3 unspecified atom stereocenters. The molecule has 1 fully saturated rings. The molecule has 4 heterocycles. The number of nitrogens with zero attached hydrogens (tertiary/aromatic N) is 5. The minimum atomic E-state index is -5.29. The van der Waals surface area contributed by atoms with Gasteiger partial charge in [0.1, 0.15) is 23.6 Å². The number of aromatic nitrogens is 3. The average Bonchev–Trinajstić information content (AvgIpc) is 3.72. The number of nitrogens with one attached hydrogen (secondary N) is 1. The van der Waals surface area contributed by atoms with Crippen molar-refractivity contribution in [1.29, 1.82) is 0 Å². The van der Waals surface area contributed by atoms with Gasteiger partial charge in [0.15, 0.2) is 23.5 Å². The molecular formula is C31H41N9O11S2. The number of hydrogen-bond donors (Lipinski definition) is 6. The van der Waals surface area contributed by atoms with Crippen LogP contribution in [0.15, 0.2) is 41.1 Å². The number of amides is 2. The highest BCUT2D eigenvalue weighted by molar-refractivity contribution is 7.80. The van der Waals surface area contributed by atoms with Gasteiger partial charge >= 0.3 is 5.97 Å². The number of nitrogens with two attached hydrogens (primary N) is 3. The van der Waals surface area contributed by atoms with E-state index in [1.807, 2.05) is 33.9 Å². The molecule has 0 saturated carbocycles. The fraction of sp³-hybridized carbons (Fsp3) is 0.484. The van der Waals surface area contributed by atoms with Crippen molar-refractivity contribution in [2.45, 2.75) is 82.5 Å². The highest BCUT2D eigenvalue weighted by Gasteiger charge is 2.57. The smallest absolute Gasteiger partial charge is 0.354 e. The molecule has 1 saturated heterocycles. The van der Waals surface area contributed by atoms with Crippen LogP contribution in [-0.2, 0) is 53.4 Å². The number of carboxylic acids is 1. The normalized spacial score (nSPS) is 20.1. The van der Waals surface area contributed by atoms with Gasteiger partial charge in [0.2, 0.25) is 16.6 Å². The monoisotopic (exact) mass is 779 g/mol. The molecule has 1 aromatic carbocycles. The van der Waals surface area contributed by atoms with Crippen LogP contribution in [-0.4, -0.2) is 104 Å². The number of carbonyl (C=O) groups is 3. The van der Waals surface area contributed by atoms with Gasteiger partial charge in [-0.05, 0) is 69.8 Å². The number of aliphatic carboxylic acids is 1. The van der Waals surface area contributed by atoms with E-state index in [1.54, 1.807) is 6.07 Å². The summed E-state index contributed by atoms with van der Waals surface area (Å²) in [7, 11) is -5.29. The maximum absolute atomic E-state index is 13.5. The first-order valence-electron chi connectivity index (χ1n) is 16.4. The highest BCUT2D eigenvalue weighted by Crippen LogP contribution is 2.37. The number of carbonyl (C=O) groups excluding carboxylic acids is 2. The molecule has 288 valence electrons. The molecule has 22 heteroatoms. The Kier molecular flexibility index (Phi) is 11.4. The van der Waals surface area contributed by atoms with Crippen molar-refractivity contribution in [2.24, 2.45) is 16.6 Å². The number of aliphatic hydroxyl groups is 1. The molecule has 0 spiro atoms. The molecule has 5 rings (SSSR count). The second-order valence-electron chi connectivity index (χ2n) is 13.2. The molecule has 2 aliphatic heterocycles. The zero-order chi connectivity index (χ0) is 38.9. The van der Waals surface area contributed by atoms with E-state index in [2.05, 4.69) is 19.7 Å². The first-order chi connectivity index (χ1) is 24.9. The number of fused-ring (bicyclic) bond motifs is 1. The summed E-state index contributed by atoms with van der Waals surface area (Å²) in [5.74, 6) is -3.12. The number of aliphatic hydroxyl groups excluding tert-OH is 1. The van der Waals surface area contributed by atoms with E-state index in [0.717, 1.165) is 34.4 Å². The lowest BCUT2D eigenvalue weighted by molar-refractivity contribution is -0.780. The second kappa shape index (κ2) is 15.3. The number of oxime groups is 1. The molecule has 9 N–H and O–H groups in total. The Morgan fingerprint density at radius 3 is 2.66 bits per heavy atom. The van der Waals surface area contributed by atoms with Crippen LogP contribution in [0.5, 0.6) is 5.75 Å². The van der Waals surface area contributed by atoms with E-state index in [1.165, 1.54) is 26.2 Å². The number of hydroxylamine groups is 2. The van der Waals surface area contributed by atoms with Gasteiger partial charge in [-0.25, -0.2) is 18.2 Å². The maximum Gasteiger partial charge on any atom is 0.354 e. The number of anilines is 1. The van der Waals surface area contributed by atoms with Gasteiger partial charge in [0.05, 0.1) is 23.8 Å². The predicted molar refractivity (Wildman–Crippen MR) is 185 cm³/mol. The molecule has 2 amide bonds. The number of hydrogen-bond acceptors (Lipinski definition) is 16. The average molecular weight is 780 g/mol. The summed E-state index contributed by atoms with van der Waals surface area (Å²) in [6.07, 6.45) is 3.35. The van der Waals surface area contributed by atoms with E-state index in [-0.39, 0.29) is 23.8 Å². The van der Waals surface area contributed by atoms with Crippen molar-refractivity contribution in [1.82, 2.24) is 20.0 Å². The van der Waals surface area contributed by atoms with Crippen molar-refractivity contribution in [3.05, 3.63) is 47.2 Å². The molecule has 0 radical (unpaired) electrons. The highest BCUT2D eigenvalue weighted by atomic mass is 32.3. The Morgan fingerprint density at radius 2 is 2.06 bits per heavy atom. The Labute approximate surface area is 308 Å². The molecule has 2 aliphatic rings. The van der Waals surface area contributed by atoms with Gasteiger partial charge in [0.25, 0.3) is 17.4 Å². The Morgan fingerprint density at radius 1 is 1.32 bits per heavy atom. The van der Waals surface area contributed by atoms with Crippen LogP contribution in [0.1, 0.15) is 44.9 Å². The van der Waals surface area contributed by atoms with Crippen LogP contribution >= 0.6 is 11.3 Å². The second-order valence-corrected chi connectivity index (χ2v) is 15.0. The fourth-order valence-electron chi connectivity index (χ4n) is 5.90. The van der Waals surface area contributed by atoms with Crippen molar-refractivity contribution >= 4 is 50.4 Å². The SMILES string of the molecule is CC(O/N=C(\C(=O)N[C@@H]1C(=O)N(OS(=O)(=O)[O-])C1(C)C)c1csc(N)n1)(C(=O)O)C1CCc2cc(-c3cn(CCCN)[n+](CC(O)CN)c3)ccc2O1. The van der Waals surface area contributed by atoms with E-state index in [9.17, 15) is 37.6 Å². The Balaban J connectivity index is 1.36. The lowest BCUT2D eigenvalue weighted by atomic mass is 9.84. The third-order valence-electron chi connectivity index (χ3n) is 8.97. The number of nitrogen functional groups attached to an aromatic ring is 1. The van der Waals surface area contributed by atoms with Crippen molar-refractivity contribution in [2.75, 3.05) is 18.8 Å². The lowest BCUT2D eigenvalue weighted by Crippen LogP contribution is -2.76. The molecule has 2 aromatic heterocycles. The lowest BCUT2D eigenvalue weighted by Gasteiger charge is -2.51. The summed E-state index contributed by atoms with van der Waals surface area (Å²) in [5.41, 5.74) is 15.4. The largest absolute Gasteiger partial charge is 0.724 e. The molecule has 20 nitrogen and oxygen atoms in total. The first kappa shape index (κ1) is 39.5. The van der Waals surface area contributed by atoms with Gasteiger partial charge in [0, 0.05) is 11.9 Å². The molecule has 0 bridgehead atoms. The minimum absolute atomic E-state index is 0.0449. The van der Waals surface area contributed by atoms with E-state index >= 15 is 0 Å². The van der Waals surface area contributed by atoms with Gasteiger partial charge in [-0.2, -0.15) is 14.0 Å². The van der Waals surface area contributed by atoms with Crippen molar-refractivity contribution in [3.8, 4) is 16.9 Å². The van der Waals surface area contributed by atoms with Crippen LogP contribution in [0.2, 0.25) is 0 Å². The Bertz CT molecular complexity index is 2020. The number of ether oxygens (including phenoxy) is 1. The number of thiazole rings is 1. The van der Waals surface area contributed by atoms with Gasteiger partial charge < -0.3 is 46.9 Å². The number of carboxylic acid groups (broad SMARTS) is 1. The van der Waals surface area contributed by atoms with Crippen LogP contribution in [0.25, 0.3) is 11.1 Å². The number of aryl methyl sites for hydroxylation is 2. The molecule has 0 aliphatic carbocycles. The van der Waals surface area contributed by atoms with Crippen LogP contribution in [0.4, 0.5) is 5.13 Å². The Hall–Kier alpha value is -4.71. The summed E-state index contributed by atoms with van der Waals surface area (Å²) in [6.45, 7) is 5.46. The van der Waals surface area contributed by atoms with Crippen molar-refractivity contribution < 1.29 is 56.1 Å². The molecule has 4 atom stereocenters. The number of benzene rings is 1. The zero-order valence-electron chi connectivity index (χ0n) is 29.0. The maximum atomic E-state index is 13.5. The van der Waals surface area contributed by atoms with Gasteiger partial charge in [-0.1, -0.05) is 11.2 Å². The topological polar surface area (TPSA) is 304 Å². The summed E-state index contributed by atoms with van der Waals surface area (Å²) >= 11 is 0.953. The fourth-order valence-corrected chi connectivity index (χ4v) is 6.89. The minimum Gasteiger partial charge on any atom is -0.724 e. The van der Waals surface area contributed by atoms with Gasteiger partial charge in [-0.3, -0.25) is 9.59 Å². The first-order valence-corrected chi connectivity index (χ1v) is 18.6. The molecular weight excluding hydrogens is 739 g/mol. The quantitative estimate of drug-likeness (QED) is 0.0243. The summed E-state index contributed by atoms with van der Waals surface area (Å²) in [6, 6.07) is 4.10. The summed E-state index contributed by atoms with van der Waals surface area (Å²) < 4.78 is 47.5. The van der Waals surface area contributed by atoms with Crippen LogP contribution in [0, 0.1) is 0 Å². The van der Waals surface area contributed by atoms with E-state index in [0.29, 0.717) is 36.9 Å². The third-order valence-corrected chi connectivity index (χ3v) is 9.98. The third kappa shape index (κ3) is 8.43.